The van der Waals surface area contributed by atoms with Gasteiger partial charge in [0, 0.05) is 13.6 Å². The smallest absolute Gasteiger partial charge is 0.341 e. The minimum atomic E-state index is -0.403. The van der Waals surface area contributed by atoms with Crippen molar-refractivity contribution < 1.29 is 18.7 Å². The molecule has 0 aliphatic carbocycles. The summed E-state index contributed by atoms with van der Waals surface area (Å²) in [5.41, 5.74) is 1.64. The molecular formula is C19H25N3O4. The highest BCUT2D eigenvalue weighted by atomic mass is 16.5. The molecule has 0 amide bonds. The SMILES string of the molecule is CN=C(NCCc1ccc(OC)cc1)NCc1cc(C(=O)OC)c(C)o1. The Kier molecular flexibility index (Phi) is 7.08. The molecule has 7 heteroatoms. The normalized spacial score (nSPS) is 11.2. The van der Waals surface area contributed by atoms with Crippen LogP contribution in [0.3, 0.4) is 0 Å². The summed E-state index contributed by atoms with van der Waals surface area (Å²) in [5.74, 6) is 2.28. The molecule has 0 spiro atoms. The molecule has 26 heavy (non-hydrogen) atoms. The first-order valence-corrected chi connectivity index (χ1v) is 8.32. The molecule has 2 aromatic rings. The Balaban J connectivity index is 1.81. The van der Waals surface area contributed by atoms with Crippen molar-refractivity contribution >= 4 is 11.9 Å². The Hall–Kier alpha value is -2.96. The average molecular weight is 359 g/mol. The average Bonchev–Trinajstić information content (AvgIpc) is 3.05. The number of furan rings is 1. The summed E-state index contributed by atoms with van der Waals surface area (Å²) in [6.07, 6.45) is 0.858. The lowest BCUT2D eigenvalue weighted by Crippen LogP contribution is -2.37. The number of benzene rings is 1. The highest BCUT2D eigenvalue weighted by Crippen LogP contribution is 2.15. The summed E-state index contributed by atoms with van der Waals surface area (Å²) in [4.78, 5) is 15.8. The molecule has 0 bridgehead atoms. The number of nitrogens with zero attached hydrogens (tertiary/aromatic N) is 1. The second kappa shape index (κ2) is 9.50. The molecule has 2 N–H and O–H groups in total. The van der Waals surface area contributed by atoms with Crippen LogP contribution in [-0.2, 0) is 17.7 Å². The maximum Gasteiger partial charge on any atom is 0.341 e. The van der Waals surface area contributed by atoms with Crippen LogP contribution in [0.5, 0.6) is 5.75 Å². The van der Waals surface area contributed by atoms with Gasteiger partial charge in [0.05, 0.1) is 20.8 Å². The minimum Gasteiger partial charge on any atom is -0.497 e. The number of carbonyl (C=O) groups is 1. The highest BCUT2D eigenvalue weighted by molar-refractivity contribution is 5.90. The molecule has 7 nitrogen and oxygen atoms in total. The Morgan fingerprint density at radius 1 is 1.19 bits per heavy atom. The number of hydrogen-bond acceptors (Lipinski definition) is 5. The minimum absolute atomic E-state index is 0.403. The lowest BCUT2D eigenvalue weighted by Gasteiger charge is -2.11. The van der Waals surface area contributed by atoms with Gasteiger partial charge in [-0.15, -0.1) is 0 Å². The van der Waals surface area contributed by atoms with Gasteiger partial charge in [0.2, 0.25) is 0 Å². The first kappa shape index (κ1) is 19.4. The monoisotopic (exact) mass is 359 g/mol. The lowest BCUT2D eigenvalue weighted by atomic mass is 10.1. The lowest BCUT2D eigenvalue weighted by molar-refractivity contribution is 0.0599. The number of aryl methyl sites for hydroxylation is 1. The van der Waals surface area contributed by atoms with E-state index in [2.05, 4.69) is 15.6 Å². The molecule has 0 atom stereocenters. The van der Waals surface area contributed by atoms with Crippen LogP contribution in [-0.4, -0.2) is 39.7 Å². The third-order valence-electron chi connectivity index (χ3n) is 3.89. The summed E-state index contributed by atoms with van der Waals surface area (Å²) in [6, 6.07) is 9.65. The van der Waals surface area contributed by atoms with E-state index < -0.39 is 5.97 Å². The summed E-state index contributed by atoms with van der Waals surface area (Å²) < 4.78 is 15.4. The fourth-order valence-corrected chi connectivity index (χ4v) is 2.45. The maximum atomic E-state index is 11.6. The molecule has 1 heterocycles. The number of ether oxygens (including phenoxy) is 2. The van der Waals surface area contributed by atoms with Crippen LogP contribution in [0.4, 0.5) is 0 Å². The van der Waals surface area contributed by atoms with E-state index in [4.69, 9.17) is 13.9 Å². The fourth-order valence-electron chi connectivity index (χ4n) is 2.45. The van der Waals surface area contributed by atoms with Crippen molar-refractivity contribution in [1.29, 1.82) is 0 Å². The molecule has 1 aromatic carbocycles. The predicted molar refractivity (Wildman–Crippen MR) is 99.7 cm³/mol. The number of methoxy groups -OCH3 is 2. The number of carbonyl (C=O) groups excluding carboxylic acids is 1. The van der Waals surface area contributed by atoms with Crippen LogP contribution in [0.1, 0.15) is 27.4 Å². The van der Waals surface area contributed by atoms with Crippen LogP contribution in [0.15, 0.2) is 39.7 Å². The topological polar surface area (TPSA) is 85.1 Å². The molecular weight excluding hydrogens is 334 g/mol. The second-order valence-corrected chi connectivity index (χ2v) is 5.62. The Morgan fingerprint density at radius 2 is 1.92 bits per heavy atom. The van der Waals surface area contributed by atoms with Gasteiger partial charge in [0.25, 0.3) is 0 Å². The first-order valence-electron chi connectivity index (χ1n) is 8.32. The van der Waals surface area contributed by atoms with Crippen molar-refractivity contribution in [2.24, 2.45) is 4.99 Å². The van der Waals surface area contributed by atoms with Gasteiger partial charge in [-0.3, -0.25) is 4.99 Å². The molecule has 1 aromatic heterocycles. The van der Waals surface area contributed by atoms with Crippen molar-refractivity contribution in [2.45, 2.75) is 19.9 Å². The third-order valence-corrected chi connectivity index (χ3v) is 3.89. The number of esters is 1. The van der Waals surface area contributed by atoms with E-state index in [1.807, 2.05) is 24.3 Å². The molecule has 0 unspecified atom stereocenters. The molecule has 0 saturated carbocycles. The largest absolute Gasteiger partial charge is 0.497 e. The van der Waals surface area contributed by atoms with Crippen LogP contribution in [0.25, 0.3) is 0 Å². The molecule has 0 saturated heterocycles. The van der Waals surface area contributed by atoms with Gasteiger partial charge >= 0.3 is 5.97 Å². The zero-order chi connectivity index (χ0) is 18.9. The summed E-state index contributed by atoms with van der Waals surface area (Å²) >= 11 is 0. The summed E-state index contributed by atoms with van der Waals surface area (Å²) in [7, 11) is 4.71. The number of hydrogen-bond donors (Lipinski definition) is 2. The van der Waals surface area contributed by atoms with Gasteiger partial charge in [-0.25, -0.2) is 4.79 Å². The van der Waals surface area contributed by atoms with Crippen molar-refractivity contribution in [3.05, 3.63) is 53.0 Å². The third kappa shape index (κ3) is 5.27. The van der Waals surface area contributed by atoms with Crippen LogP contribution < -0.4 is 15.4 Å². The standard InChI is InChI=1S/C19H25N3O4/c1-13-17(18(23)25-4)11-16(26-13)12-22-19(20-2)21-10-9-14-5-7-15(24-3)8-6-14/h5-8,11H,9-10,12H2,1-4H3,(H2,20,21,22). The van der Waals surface area contributed by atoms with Crippen molar-refractivity contribution in [1.82, 2.24) is 10.6 Å². The number of nitrogens with one attached hydrogen (secondary N) is 2. The van der Waals surface area contributed by atoms with E-state index in [1.165, 1.54) is 12.7 Å². The van der Waals surface area contributed by atoms with Crippen molar-refractivity contribution in [3.63, 3.8) is 0 Å². The molecule has 0 fully saturated rings. The summed E-state index contributed by atoms with van der Waals surface area (Å²) in [6.45, 7) is 2.88. The second-order valence-electron chi connectivity index (χ2n) is 5.62. The fraction of sp³-hybridized carbons (Fsp3) is 0.368. The van der Waals surface area contributed by atoms with E-state index in [0.717, 1.165) is 18.7 Å². The van der Waals surface area contributed by atoms with Crippen molar-refractivity contribution in [2.75, 3.05) is 27.8 Å². The first-order chi connectivity index (χ1) is 12.6. The Morgan fingerprint density at radius 3 is 2.54 bits per heavy atom. The summed E-state index contributed by atoms with van der Waals surface area (Å²) in [5, 5.41) is 6.41. The molecule has 0 aliphatic heterocycles. The van der Waals surface area contributed by atoms with Gasteiger partial charge in [-0.2, -0.15) is 0 Å². The van der Waals surface area contributed by atoms with Crippen LogP contribution in [0, 0.1) is 6.92 Å². The number of aliphatic imine (C=N–C) groups is 1. The van der Waals surface area contributed by atoms with E-state index in [-0.39, 0.29) is 0 Å². The molecule has 140 valence electrons. The van der Waals surface area contributed by atoms with Crippen LogP contribution >= 0.6 is 0 Å². The van der Waals surface area contributed by atoms with Crippen molar-refractivity contribution in [3.8, 4) is 5.75 Å². The number of rotatable bonds is 7. The predicted octanol–water partition coefficient (Wildman–Crippen LogP) is 2.29. The van der Waals surface area contributed by atoms with Gasteiger partial charge in [0.15, 0.2) is 5.96 Å². The zero-order valence-corrected chi connectivity index (χ0v) is 15.6. The maximum absolute atomic E-state index is 11.6. The molecule has 2 rings (SSSR count). The van der Waals surface area contributed by atoms with Gasteiger partial charge in [-0.05, 0) is 37.1 Å². The number of guanidine groups is 1. The Bertz CT molecular complexity index is 751. The van der Waals surface area contributed by atoms with Gasteiger partial charge in [-0.1, -0.05) is 12.1 Å². The van der Waals surface area contributed by atoms with Crippen LogP contribution in [0.2, 0.25) is 0 Å². The quantitative estimate of drug-likeness (QED) is 0.448. The molecule has 0 radical (unpaired) electrons. The van der Waals surface area contributed by atoms with E-state index >= 15 is 0 Å². The van der Waals surface area contributed by atoms with E-state index in [9.17, 15) is 4.79 Å². The Labute approximate surface area is 153 Å². The highest BCUT2D eigenvalue weighted by Gasteiger charge is 2.15. The van der Waals surface area contributed by atoms with E-state index in [0.29, 0.717) is 29.6 Å². The van der Waals surface area contributed by atoms with Gasteiger partial charge < -0.3 is 24.5 Å². The zero-order valence-electron chi connectivity index (χ0n) is 15.6. The van der Waals surface area contributed by atoms with Gasteiger partial charge in [0.1, 0.15) is 22.8 Å². The van der Waals surface area contributed by atoms with E-state index in [1.54, 1.807) is 27.1 Å². The molecule has 0 aliphatic rings.